The molecule has 4 nitrogen and oxygen atoms in total. The SMILES string of the molecule is CC(C)CC(S)(Oc1c(F)cc(CCC(=O)O)cc1F)c1cccnc1. The Morgan fingerprint density at radius 2 is 2.00 bits per heavy atom. The number of aryl methyl sites for hydroxylation is 1. The summed E-state index contributed by atoms with van der Waals surface area (Å²) in [6.07, 6.45) is 3.36. The Morgan fingerprint density at radius 1 is 1.35 bits per heavy atom. The molecule has 1 heterocycles. The number of hydrogen-bond donors (Lipinski definition) is 2. The predicted octanol–water partition coefficient (Wildman–Crippen LogP) is 4.58. The van der Waals surface area contributed by atoms with Crippen LogP contribution >= 0.6 is 12.6 Å². The van der Waals surface area contributed by atoms with Crippen molar-refractivity contribution in [2.45, 2.75) is 38.0 Å². The molecule has 140 valence electrons. The Kier molecular flexibility index (Phi) is 6.58. The van der Waals surface area contributed by atoms with Crippen molar-refractivity contribution in [1.29, 1.82) is 0 Å². The zero-order valence-electron chi connectivity index (χ0n) is 14.6. The topological polar surface area (TPSA) is 59.4 Å². The van der Waals surface area contributed by atoms with E-state index in [1.165, 1.54) is 0 Å². The van der Waals surface area contributed by atoms with Crippen molar-refractivity contribution >= 4 is 18.6 Å². The van der Waals surface area contributed by atoms with E-state index in [0.717, 1.165) is 12.1 Å². The third-order valence-electron chi connectivity index (χ3n) is 3.75. The van der Waals surface area contributed by atoms with Crippen LogP contribution in [0.15, 0.2) is 36.7 Å². The lowest BCUT2D eigenvalue weighted by Gasteiger charge is -2.31. The molecule has 0 aliphatic rings. The number of carbonyl (C=O) groups is 1. The lowest BCUT2D eigenvalue weighted by atomic mass is 9.99. The lowest BCUT2D eigenvalue weighted by Crippen LogP contribution is -2.29. The highest BCUT2D eigenvalue weighted by Crippen LogP contribution is 2.39. The number of nitrogens with zero attached hydrogens (tertiary/aromatic N) is 1. The highest BCUT2D eigenvalue weighted by atomic mass is 32.1. The average molecular weight is 381 g/mol. The number of hydrogen-bond acceptors (Lipinski definition) is 4. The van der Waals surface area contributed by atoms with Gasteiger partial charge in [-0.1, -0.05) is 19.9 Å². The highest BCUT2D eigenvalue weighted by Gasteiger charge is 2.34. The molecular formula is C19H21F2NO3S. The van der Waals surface area contributed by atoms with Gasteiger partial charge in [0.2, 0.25) is 0 Å². The maximum atomic E-state index is 14.5. The summed E-state index contributed by atoms with van der Waals surface area (Å²) < 4.78 is 34.6. The molecule has 0 saturated carbocycles. The zero-order valence-corrected chi connectivity index (χ0v) is 15.5. The van der Waals surface area contributed by atoms with E-state index in [1.54, 1.807) is 24.5 Å². The van der Waals surface area contributed by atoms with Gasteiger partial charge in [-0.25, -0.2) is 8.78 Å². The van der Waals surface area contributed by atoms with Gasteiger partial charge >= 0.3 is 5.97 Å². The molecular weight excluding hydrogens is 360 g/mol. The van der Waals surface area contributed by atoms with E-state index >= 15 is 0 Å². The Labute approximate surface area is 156 Å². The van der Waals surface area contributed by atoms with Crippen molar-refractivity contribution in [1.82, 2.24) is 4.98 Å². The fraction of sp³-hybridized carbons (Fsp3) is 0.368. The van der Waals surface area contributed by atoms with E-state index in [-0.39, 0.29) is 24.3 Å². The number of thiol groups is 1. The van der Waals surface area contributed by atoms with E-state index in [1.807, 2.05) is 13.8 Å². The minimum absolute atomic E-state index is 0.0318. The number of rotatable bonds is 8. The maximum absolute atomic E-state index is 14.5. The van der Waals surface area contributed by atoms with Crippen molar-refractivity contribution in [3.63, 3.8) is 0 Å². The van der Waals surface area contributed by atoms with E-state index in [0.29, 0.717) is 12.0 Å². The van der Waals surface area contributed by atoms with Gasteiger partial charge in [0.1, 0.15) is 0 Å². The molecule has 7 heteroatoms. The summed E-state index contributed by atoms with van der Waals surface area (Å²) in [5.74, 6) is -3.21. The smallest absolute Gasteiger partial charge is 0.303 e. The molecule has 0 radical (unpaired) electrons. The second kappa shape index (κ2) is 8.49. The van der Waals surface area contributed by atoms with Crippen LogP contribution in [-0.4, -0.2) is 16.1 Å². The Morgan fingerprint density at radius 3 is 2.50 bits per heavy atom. The van der Waals surface area contributed by atoms with Crippen LogP contribution in [0, 0.1) is 17.6 Å². The molecule has 0 saturated heterocycles. The molecule has 0 bridgehead atoms. The van der Waals surface area contributed by atoms with Gasteiger partial charge in [0.05, 0.1) is 0 Å². The van der Waals surface area contributed by atoms with Gasteiger partial charge in [-0.2, -0.15) is 0 Å². The summed E-state index contributed by atoms with van der Waals surface area (Å²) in [5.41, 5.74) is 0.843. The van der Waals surface area contributed by atoms with Crippen LogP contribution in [0.4, 0.5) is 8.78 Å². The number of carboxylic acid groups (broad SMARTS) is 1. The number of carboxylic acids is 1. The normalized spacial score (nSPS) is 13.5. The first kappa shape index (κ1) is 20.2. The molecule has 2 aromatic rings. The second-order valence-corrected chi connectivity index (χ2v) is 7.23. The van der Waals surface area contributed by atoms with Crippen LogP contribution in [0.5, 0.6) is 5.75 Å². The summed E-state index contributed by atoms with van der Waals surface area (Å²) in [5, 5.41) is 8.70. The Balaban J connectivity index is 2.35. The third-order valence-corrected chi connectivity index (χ3v) is 4.29. The van der Waals surface area contributed by atoms with Crippen LogP contribution in [0.25, 0.3) is 0 Å². The first-order valence-corrected chi connectivity index (χ1v) is 8.67. The number of halogens is 2. The molecule has 1 aromatic heterocycles. The summed E-state index contributed by atoms with van der Waals surface area (Å²) >= 11 is 4.57. The van der Waals surface area contributed by atoms with E-state index < -0.39 is 28.3 Å². The molecule has 0 aliphatic carbocycles. The quantitative estimate of drug-likeness (QED) is 0.519. The minimum atomic E-state index is -1.26. The third kappa shape index (κ3) is 5.17. The van der Waals surface area contributed by atoms with Gasteiger partial charge in [-0.05, 0) is 36.1 Å². The second-order valence-electron chi connectivity index (χ2n) is 6.51. The summed E-state index contributed by atoms with van der Waals surface area (Å²) in [6.45, 7) is 3.90. The molecule has 0 spiro atoms. The van der Waals surface area contributed by atoms with Crippen molar-refractivity contribution in [2.24, 2.45) is 5.92 Å². The van der Waals surface area contributed by atoms with E-state index in [9.17, 15) is 13.6 Å². The van der Waals surface area contributed by atoms with Crippen LogP contribution in [0.2, 0.25) is 0 Å². The van der Waals surface area contributed by atoms with Gasteiger partial charge in [0.15, 0.2) is 22.3 Å². The average Bonchev–Trinajstić information content (AvgIpc) is 2.56. The highest BCUT2D eigenvalue weighted by molar-refractivity contribution is 7.81. The summed E-state index contributed by atoms with van der Waals surface area (Å²) in [4.78, 5) is 13.4. The molecule has 0 aliphatic heterocycles. The molecule has 0 fully saturated rings. The van der Waals surface area contributed by atoms with Crippen LogP contribution < -0.4 is 4.74 Å². The number of pyridine rings is 1. The Bertz CT molecular complexity index is 748. The van der Waals surface area contributed by atoms with E-state index in [2.05, 4.69) is 17.6 Å². The number of benzene rings is 1. The molecule has 26 heavy (non-hydrogen) atoms. The molecule has 1 N–H and O–H groups in total. The predicted molar refractivity (Wildman–Crippen MR) is 97.3 cm³/mol. The van der Waals surface area contributed by atoms with Crippen molar-refractivity contribution in [3.05, 3.63) is 59.4 Å². The summed E-state index contributed by atoms with van der Waals surface area (Å²) in [7, 11) is 0. The summed E-state index contributed by atoms with van der Waals surface area (Å²) in [6, 6.07) is 5.62. The van der Waals surface area contributed by atoms with Gasteiger partial charge in [-0.15, -0.1) is 12.6 Å². The zero-order chi connectivity index (χ0) is 19.3. The minimum Gasteiger partial charge on any atom is -0.481 e. The fourth-order valence-electron chi connectivity index (χ4n) is 2.64. The first-order valence-electron chi connectivity index (χ1n) is 8.23. The van der Waals surface area contributed by atoms with Crippen LogP contribution in [0.3, 0.4) is 0 Å². The van der Waals surface area contributed by atoms with Gasteiger partial charge in [0, 0.05) is 30.8 Å². The first-order chi connectivity index (χ1) is 12.2. The monoisotopic (exact) mass is 381 g/mol. The maximum Gasteiger partial charge on any atom is 0.303 e. The standard InChI is InChI=1S/C19H21F2NO3S/c1-12(2)10-19(26,14-4-3-7-22-11-14)25-18-15(20)8-13(9-16(18)21)5-6-17(23)24/h3-4,7-9,11-12,26H,5-6,10H2,1-2H3,(H,23,24). The Hall–Kier alpha value is -2.15. The largest absolute Gasteiger partial charge is 0.481 e. The van der Waals surface area contributed by atoms with Gasteiger partial charge in [-0.3, -0.25) is 9.78 Å². The van der Waals surface area contributed by atoms with Gasteiger partial charge in [0.25, 0.3) is 0 Å². The van der Waals surface area contributed by atoms with Crippen molar-refractivity contribution in [3.8, 4) is 5.75 Å². The number of aliphatic carboxylic acids is 1. The van der Waals surface area contributed by atoms with Crippen molar-refractivity contribution < 1.29 is 23.4 Å². The van der Waals surface area contributed by atoms with Crippen LogP contribution in [0.1, 0.15) is 37.8 Å². The molecule has 0 amide bonds. The van der Waals surface area contributed by atoms with E-state index in [4.69, 9.17) is 9.84 Å². The number of aromatic nitrogens is 1. The van der Waals surface area contributed by atoms with Crippen LogP contribution in [-0.2, 0) is 16.1 Å². The lowest BCUT2D eigenvalue weighted by molar-refractivity contribution is -0.136. The molecule has 1 atom stereocenters. The van der Waals surface area contributed by atoms with Gasteiger partial charge < -0.3 is 9.84 Å². The molecule has 1 unspecified atom stereocenters. The van der Waals surface area contributed by atoms with Crippen molar-refractivity contribution in [2.75, 3.05) is 0 Å². The number of ether oxygens (including phenoxy) is 1. The molecule has 1 aromatic carbocycles. The fourth-order valence-corrected chi connectivity index (χ4v) is 3.23. The molecule has 2 rings (SSSR count).